The first kappa shape index (κ1) is 18.6. The van der Waals surface area contributed by atoms with Crippen LogP contribution in [0.5, 0.6) is 0 Å². The van der Waals surface area contributed by atoms with Crippen molar-refractivity contribution in [2.24, 2.45) is 0 Å². The molecule has 7 heteroatoms. The summed E-state index contributed by atoms with van der Waals surface area (Å²) in [6.45, 7) is 4.89. The molecule has 0 amide bonds. The smallest absolute Gasteiger partial charge is 0.280 e. The van der Waals surface area contributed by atoms with E-state index in [-0.39, 0.29) is 12.1 Å². The lowest BCUT2D eigenvalue weighted by molar-refractivity contribution is 0.148. The van der Waals surface area contributed by atoms with Crippen molar-refractivity contribution in [3.63, 3.8) is 0 Å². The van der Waals surface area contributed by atoms with E-state index in [4.69, 9.17) is 4.74 Å². The van der Waals surface area contributed by atoms with Gasteiger partial charge >= 0.3 is 0 Å². The van der Waals surface area contributed by atoms with E-state index in [0.717, 1.165) is 38.8 Å². The molecule has 25 heavy (non-hydrogen) atoms. The fraction of sp³-hybridized carbons (Fsp3) is 0.667. The maximum Gasteiger partial charge on any atom is 0.280 e. The van der Waals surface area contributed by atoms with Gasteiger partial charge in [0.25, 0.3) is 10.2 Å². The van der Waals surface area contributed by atoms with Crippen LogP contribution in [0.2, 0.25) is 0 Å². The molecule has 3 rings (SSSR count). The van der Waals surface area contributed by atoms with Gasteiger partial charge in [-0.05, 0) is 50.3 Å². The molecule has 1 aromatic rings. The van der Waals surface area contributed by atoms with Crippen LogP contribution < -0.4 is 9.62 Å². The van der Waals surface area contributed by atoms with Crippen molar-refractivity contribution in [1.29, 1.82) is 0 Å². The van der Waals surface area contributed by atoms with E-state index in [1.165, 1.54) is 11.3 Å². The zero-order valence-electron chi connectivity index (χ0n) is 15.1. The molecular formula is C18H29N3O3S. The highest BCUT2D eigenvalue weighted by Crippen LogP contribution is 2.24. The molecule has 1 N–H and O–H groups in total. The molecule has 1 atom stereocenters. The SMILES string of the molecule is COC[C@H]1CCCN1S(=O)(=O)NC1CCN(c2cccc(C)c2)CC1. The summed E-state index contributed by atoms with van der Waals surface area (Å²) in [6.07, 6.45) is 3.44. The van der Waals surface area contributed by atoms with Gasteiger partial charge in [0, 0.05) is 44.5 Å². The highest BCUT2D eigenvalue weighted by Gasteiger charge is 2.35. The number of aryl methyl sites for hydroxylation is 1. The molecule has 6 nitrogen and oxygen atoms in total. The second-order valence-electron chi connectivity index (χ2n) is 7.09. The second-order valence-corrected chi connectivity index (χ2v) is 8.74. The number of hydrogen-bond donors (Lipinski definition) is 1. The van der Waals surface area contributed by atoms with Gasteiger partial charge in [-0.2, -0.15) is 17.4 Å². The number of ether oxygens (including phenoxy) is 1. The number of benzene rings is 1. The normalized spacial score (nSPS) is 23.3. The van der Waals surface area contributed by atoms with E-state index in [1.807, 2.05) is 0 Å². The number of piperidine rings is 1. The third kappa shape index (κ3) is 4.53. The third-order valence-corrected chi connectivity index (χ3v) is 6.90. The fourth-order valence-electron chi connectivity index (χ4n) is 3.84. The molecule has 0 aromatic heterocycles. The summed E-state index contributed by atoms with van der Waals surface area (Å²) in [5, 5.41) is 0. The van der Waals surface area contributed by atoms with E-state index in [9.17, 15) is 8.42 Å². The van der Waals surface area contributed by atoms with Crippen LogP contribution in [0.15, 0.2) is 24.3 Å². The molecule has 140 valence electrons. The van der Waals surface area contributed by atoms with Gasteiger partial charge in [-0.3, -0.25) is 0 Å². The van der Waals surface area contributed by atoms with Crippen LogP contribution >= 0.6 is 0 Å². The van der Waals surface area contributed by atoms with Crippen LogP contribution in [0.4, 0.5) is 5.69 Å². The number of hydrogen-bond acceptors (Lipinski definition) is 4. The standard InChI is InChI=1S/C18H29N3O3S/c1-15-5-3-6-17(13-15)20-11-8-16(9-12-20)19-25(22,23)21-10-4-7-18(21)14-24-2/h3,5-6,13,16,18-19H,4,7-12,14H2,1-2H3/t18-/m1/s1. The van der Waals surface area contributed by atoms with E-state index in [1.54, 1.807) is 11.4 Å². The Kier molecular flexibility index (Phi) is 5.99. The van der Waals surface area contributed by atoms with Crippen LogP contribution in [-0.4, -0.2) is 58.2 Å². The van der Waals surface area contributed by atoms with Crippen molar-refractivity contribution < 1.29 is 13.2 Å². The van der Waals surface area contributed by atoms with E-state index < -0.39 is 10.2 Å². The van der Waals surface area contributed by atoms with Gasteiger partial charge in [0.15, 0.2) is 0 Å². The Morgan fingerprint density at radius 2 is 1.96 bits per heavy atom. The van der Waals surface area contributed by atoms with Gasteiger partial charge in [0.2, 0.25) is 0 Å². The van der Waals surface area contributed by atoms with Gasteiger partial charge in [0.1, 0.15) is 0 Å². The Hall–Kier alpha value is -1.15. The first-order chi connectivity index (χ1) is 12.0. The van der Waals surface area contributed by atoms with Crippen LogP contribution in [0.25, 0.3) is 0 Å². The fourth-order valence-corrected chi connectivity index (χ4v) is 5.56. The molecule has 2 aliphatic rings. The summed E-state index contributed by atoms with van der Waals surface area (Å²) in [5.74, 6) is 0. The van der Waals surface area contributed by atoms with Crippen LogP contribution in [0.3, 0.4) is 0 Å². The zero-order valence-corrected chi connectivity index (χ0v) is 16.0. The summed E-state index contributed by atoms with van der Waals surface area (Å²) in [4.78, 5) is 2.33. The van der Waals surface area contributed by atoms with E-state index in [0.29, 0.717) is 13.2 Å². The molecule has 0 aliphatic carbocycles. The van der Waals surface area contributed by atoms with Crippen molar-refractivity contribution in [2.45, 2.75) is 44.7 Å². The van der Waals surface area contributed by atoms with Crippen LogP contribution in [0.1, 0.15) is 31.2 Å². The number of rotatable bonds is 6. The van der Waals surface area contributed by atoms with E-state index >= 15 is 0 Å². The quantitative estimate of drug-likeness (QED) is 0.834. The average molecular weight is 368 g/mol. The molecule has 2 saturated heterocycles. The number of methoxy groups -OCH3 is 1. The summed E-state index contributed by atoms with van der Waals surface area (Å²) >= 11 is 0. The first-order valence-corrected chi connectivity index (χ1v) is 10.5. The van der Waals surface area contributed by atoms with Crippen molar-refractivity contribution in [2.75, 3.05) is 38.3 Å². The molecule has 2 aliphatic heterocycles. The van der Waals surface area contributed by atoms with Crippen molar-refractivity contribution in [1.82, 2.24) is 9.03 Å². The van der Waals surface area contributed by atoms with Crippen molar-refractivity contribution in [3.05, 3.63) is 29.8 Å². The maximum absolute atomic E-state index is 12.7. The topological polar surface area (TPSA) is 61.9 Å². The van der Waals surface area contributed by atoms with Gasteiger partial charge < -0.3 is 9.64 Å². The number of anilines is 1. The Morgan fingerprint density at radius 3 is 2.64 bits per heavy atom. The molecule has 0 saturated carbocycles. The van der Waals surface area contributed by atoms with Crippen molar-refractivity contribution >= 4 is 15.9 Å². The molecule has 0 spiro atoms. The Bertz CT molecular complexity index is 672. The highest BCUT2D eigenvalue weighted by molar-refractivity contribution is 7.87. The lowest BCUT2D eigenvalue weighted by Crippen LogP contribution is -2.51. The third-order valence-electron chi connectivity index (χ3n) is 5.17. The Morgan fingerprint density at radius 1 is 1.20 bits per heavy atom. The summed E-state index contributed by atoms with van der Waals surface area (Å²) < 4.78 is 35.1. The summed E-state index contributed by atoms with van der Waals surface area (Å²) in [6, 6.07) is 8.45. The largest absolute Gasteiger partial charge is 0.383 e. The lowest BCUT2D eigenvalue weighted by atomic mass is 10.1. The minimum Gasteiger partial charge on any atom is -0.383 e. The highest BCUT2D eigenvalue weighted by atomic mass is 32.2. The molecule has 0 bridgehead atoms. The summed E-state index contributed by atoms with van der Waals surface area (Å²) in [5.41, 5.74) is 2.47. The van der Waals surface area contributed by atoms with Gasteiger partial charge in [0.05, 0.1) is 6.61 Å². The zero-order chi connectivity index (χ0) is 17.9. The molecule has 2 heterocycles. The predicted molar refractivity (Wildman–Crippen MR) is 100 cm³/mol. The molecule has 2 fully saturated rings. The van der Waals surface area contributed by atoms with Crippen LogP contribution in [-0.2, 0) is 14.9 Å². The minimum atomic E-state index is -3.44. The van der Waals surface area contributed by atoms with E-state index in [2.05, 4.69) is 40.8 Å². The second kappa shape index (κ2) is 8.03. The van der Waals surface area contributed by atoms with Gasteiger partial charge in [-0.25, -0.2) is 0 Å². The Labute approximate surface area is 151 Å². The average Bonchev–Trinajstić information content (AvgIpc) is 3.05. The number of nitrogens with zero attached hydrogens (tertiary/aromatic N) is 2. The molecule has 1 aromatic carbocycles. The monoisotopic (exact) mass is 367 g/mol. The molecule has 0 radical (unpaired) electrons. The van der Waals surface area contributed by atoms with Gasteiger partial charge in [-0.15, -0.1) is 0 Å². The van der Waals surface area contributed by atoms with Gasteiger partial charge in [-0.1, -0.05) is 12.1 Å². The Balaban J connectivity index is 1.56. The van der Waals surface area contributed by atoms with Crippen LogP contribution in [0, 0.1) is 6.92 Å². The van der Waals surface area contributed by atoms with Crippen molar-refractivity contribution in [3.8, 4) is 0 Å². The lowest BCUT2D eigenvalue weighted by Gasteiger charge is -2.35. The number of nitrogens with one attached hydrogen (secondary N) is 1. The predicted octanol–water partition coefficient (Wildman–Crippen LogP) is 1.91. The first-order valence-electron chi connectivity index (χ1n) is 9.09. The maximum atomic E-state index is 12.7. The molecule has 0 unspecified atom stereocenters. The molecular weight excluding hydrogens is 338 g/mol. The summed E-state index contributed by atoms with van der Waals surface area (Å²) in [7, 11) is -1.81. The minimum absolute atomic E-state index is 0.00912.